The first kappa shape index (κ1) is 19.0. The van der Waals surface area contributed by atoms with Gasteiger partial charge in [0.1, 0.15) is 5.82 Å². The van der Waals surface area contributed by atoms with E-state index in [1.54, 1.807) is 24.5 Å². The van der Waals surface area contributed by atoms with E-state index in [0.29, 0.717) is 16.6 Å². The van der Waals surface area contributed by atoms with Crippen LogP contribution in [0, 0.1) is 5.82 Å². The lowest BCUT2D eigenvalue weighted by molar-refractivity contribution is 0.625. The zero-order chi connectivity index (χ0) is 19.8. The molecule has 3 N–H and O–H groups in total. The van der Waals surface area contributed by atoms with Gasteiger partial charge in [0.2, 0.25) is 0 Å². The highest BCUT2D eigenvalue weighted by Gasteiger charge is 2.19. The molecule has 0 bridgehead atoms. The molecule has 7 heteroatoms. The molecule has 1 atom stereocenters. The predicted octanol–water partition coefficient (Wildman–Crippen LogP) is 5.74. The second kappa shape index (κ2) is 7.59. The van der Waals surface area contributed by atoms with Crippen LogP contribution in [0.1, 0.15) is 24.2 Å². The average molecular weight is 417 g/mol. The van der Waals surface area contributed by atoms with Crippen LogP contribution in [0.3, 0.4) is 0 Å². The number of H-pyrrole nitrogens is 1. The minimum atomic E-state index is -0.251. The Morgan fingerprint density at radius 3 is 2.79 bits per heavy atom. The number of nitrogens with one attached hydrogen (secondary N) is 1. The molecule has 144 valence electrons. The largest absolute Gasteiger partial charge is 0.361 e. The highest BCUT2D eigenvalue weighted by atomic mass is 35.5. The molecular formula is C21H19Cl2FN4. The molecule has 4 aromatic rings. The standard InChI is InChI=1S/C21H19Cl2FN4/c1-12(25)21-20(17-4-2-14(22)8-18(17)23)27-11-28(21)7-6-13-10-26-19-9-15(24)3-5-16(13)19/h2-5,8-12,26H,6-7,25H2,1H3. The summed E-state index contributed by atoms with van der Waals surface area (Å²) in [5.41, 5.74) is 10.6. The molecule has 2 heterocycles. The third-order valence-electron chi connectivity index (χ3n) is 4.85. The molecule has 0 aliphatic carbocycles. The Morgan fingerprint density at radius 1 is 1.21 bits per heavy atom. The van der Waals surface area contributed by atoms with Crippen molar-refractivity contribution in [3.05, 3.63) is 76.0 Å². The summed E-state index contributed by atoms with van der Waals surface area (Å²) in [5, 5.41) is 2.13. The molecule has 2 aromatic carbocycles. The molecule has 4 nitrogen and oxygen atoms in total. The normalized spacial score (nSPS) is 12.6. The van der Waals surface area contributed by atoms with Crippen LogP contribution in [0.5, 0.6) is 0 Å². The number of nitrogens with zero attached hydrogens (tertiary/aromatic N) is 2. The molecule has 2 aromatic heterocycles. The Hall–Kier alpha value is -2.34. The van der Waals surface area contributed by atoms with E-state index >= 15 is 0 Å². The smallest absolute Gasteiger partial charge is 0.125 e. The summed E-state index contributed by atoms with van der Waals surface area (Å²) >= 11 is 12.4. The van der Waals surface area contributed by atoms with Gasteiger partial charge in [-0.1, -0.05) is 23.2 Å². The maximum Gasteiger partial charge on any atom is 0.125 e. The molecule has 0 saturated carbocycles. The number of aromatic amines is 1. The molecule has 0 amide bonds. The van der Waals surface area contributed by atoms with Gasteiger partial charge >= 0.3 is 0 Å². The van der Waals surface area contributed by atoms with Gasteiger partial charge < -0.3 is 15.3 Å². The van der Waals surface area contributed by atoms with Crippen molar-refractivity contribution in [3.63, 3.8) is 0 Å². The van der Waals surface area contributed by atoms with E-state index in [-0.39, 0.29) is 11.9 Å². The van der Waals surface area contributed by atoms with Gasteiger partial charge in [-0.15, -0.1) is 0 Å². The number of hydrogen-bond acceptors (Lipinski definition) is 2. The molecule has 28 heavy (non-hydrogen) atoms. The number of fused-ring (bicyclic) bond motifs is 1. The molecular weight excluding hydrogens is 398 g/mol. The lowest BCUT2D eigenvalue weighted by Crippen LogP contribution is -2.14. The Labute approximate surface area is 172 Å². The minimum absolute atomic E-state index is 0.221. The Kier molecular flexibility index (Phi) is 5.15. The number of hydrogen-bond donors (Lipinski definition) is 2. The fourth-order valence-electron chi connectivity index (χ4n) is 3.54. The second-order valence-corrected chi connectivity index (χ2v) is 7.68. The number of benzene rings is 2. The average Bonchev–Trinajstić information content (AvgIpc) is 3.23. The van der Waals surface area contributed by atoms with Crippen LogP contribution < -0.4 is 5.73 Å². The van der Waals surface area contributed by atoms with Crippen molar-refractivity contribution in [2.45, 2.75) is 25.9 Å². The fourth-order valence-corrected chi connectivity index (χ4v) is 4.04. The summed E-state index contributed by atoms with van der Waals surface area (Å²) in [6.07, 6.45) is 4.46. The van der Waals surface area contributed by atoms with Crippen molar-refractivity contribution in [1.82, 2.24) is 14.5 Å². The van der Waals surface area contributed by atoms with Gasteiger partial charge in [0.05, 0.1) is 22.7 Å². The summed E-state index contributed by atoms with van der Waals surface area (Å²) in [6, 6.07) is 9.91. The first-order valence-electron chi connectivity index (χ1n) is 8.95. The van der Waals surface area contributed by atoms with Gasteiger partial charge in [-0.2, -0.15) is 0 Å². The monoisotopic (exact) mass is 416 g/mol. The third kappa shape index (κ3) is 3.53. The number of nitrogens with two attached hydrogens (primary N) is 1. The first-order valence-corrected chi connectivity index (χ1v) is 9.71. The molecule has 4 rings (SSSR count). The Balaban J connectivity index is 1.65. The van der Waals surface area contributed by atoms with E-state index in [0.717, 1.165) is 39.8 Å². The third-order valence-corrected chi connectivity index (χ3v) is 5.40. The molecule has 1 unspecified atom stereocenters. The maximum absolute atomic E-state index is 13.4. The molecule has 0 aliphatic rings. The van der Waals surface area contributed by atoms with Crippen molar-refractivity contribution in [3.8, 4) is 11.3 Å². The lowest BCUT2D eigenvalue weighted by Gasteiger charge is -2.14. The fraction of sp³-hybridized carbons (Fsp3) is 0.190. The van der Waals surface area contributed by atoms with Gasteiger partial charge in [0.25, 0.3) is 0 Å². The summed E-state index contributed by atoms with van der Waals surface area (Å²) in [7, 11) is 0. The first-order chi connectivity index (χ1) is 13.4. The molecule has 0 fully saturated rings. The summed E-state index contributed by atoms with van der Waals surface area (Å²) in [4.78, 5) is 7.70. The van der Waals surface area contributed by atoms with Crippen LogP contribution in [0.4, 0.5) is 4.39 Å². The van der Waals surface area contributed by atoms with E-state index in [2.05, 4.69) is 9.97 Å². The van der Waals surface area contributed by atoms with Crippen LogP contribution in [0.25, 0.3) is 22.2 Å². The van der Waals surface area contributed by atoms with Gasteiger partial charge in [-0.3, -0.25) is 0 Å². The number of rotatable bonds is 5. The summed E-state index contributed by atoms with van der Waals surface area (Å²) in [5.74, 6) is -0.251. The highest BCUT2D eigenvalue weighted by molar-refractivity contribution is 6.36. The zero-order valence-corrected chi connectivity index (χ0v) is 16.7. The summed E-state index contributed by atoms with van der Waals surface area (Å²) < 4.78 is 15.4. The van der Waals surface area contributed by atoms with Crippen molar-refractivity contribution in [1.29, 1.82) is 0 Å². The summed E-state index contributed by atoms with van der Waals surface area (Å²) in [6.45, 7) is 2.62. The van der Waals surface area contributed by atoms with E-state index in [1.165, 1.54) is 12.1 Å². The zero-order valence-electron chi connectivity index (χ0n) is 15.2. The van der Waals surface area contributed by atoms with Crippen molar-refractivity contribution in [2.24, 2.45) is 5.73 Å². The van der Waals surface area contributed by atoms with Gasteiger partial charge in [0, 0.05) is 40.3 Å². The number of aryl methyl sites for hydroxylation is 2. The number of halogens is 3. The van der Waals surface area contributed by atoms with Crippen LogP contribution in [0.15, 0.2) is 48.9 Å². The van der Waals surface area contributed by atoms with Crippen molar-refractivity contribution < 1.29 is 4.39 Å². The number of imidazole rings is 1. The van der Waals surface area contributed by atoms with Gasteiger partial charge in [-0.05, 0) is 55.3 Å². The lowest BCUT2D eigenvalue weighted by atomic mass is 10.1. The molecule has 0 radical (unpaired) electrons. The van der Waals surface area contributed by atoms with Crippen LogP contribution in [-0.4, -0.2) is 14.5 Å². The highest BCUT2D eigenvalue weighted by Crippen LogP contribution is 2.33. The van der Waals surface area contributed by atoms with Gasteiger partial charge in [-0.25, -0.2) is 9.37 Å². The molecule has 0 aliphatic heterocycles. The Morgan fingerprint density at radius 2 is 2.04 bits per heavy atom. The minimum Gasteiger partial charge on any atom is -0.361 e. The van der Waals surface area contributed by atoms with Crippen LogP contribution >= 0.6 is 23.2 Å². The number of aromatic nitrogens is 3. The topological polar surface area (TPSA) is 59.6 Å². The van der Waals surface area contributed by atoms with Gasteiger partial charge in [0.15, 0.2) is 0 Å². The molecule has 0 spiro atoms. The maximum atomic E-state index is 13.4. The van der Waals surface area contributed by atoms with E-state index < -0.39 is 0 Å². The van der Waals surface area contributed by atoms with Crippen molar-refractivity contribution in [2.75, 3.05) is 0 Å². The Bertz CT molecular complexity index is 1150. The van der Waals surface area contributed by atoms with E-state index in [9.17, 15) is 4.39 Å². The SMILES string of the molecule is CC(N)c1c(-c2ccc(Cl)cc2Cl)ncn1CCc1c[nH]c2cc(F)ccc12. The van der Waals surface area contributed by atoms with Crippen LogP contribution in [0.2, 0.25) is 10.0 Å². The quantitative estimate of drug-likeness (QED) is 0.435. The van der Waals surface area contributed by atoms with E-state index in [4.69, 9.17) is 28.9 Å². The van der Waals surface area contributed by atoms with Crippen molar-refractivity contribution >= 4 is 34.1 Å². The van der Waals surface area contributed by atoms with Crippen LogP contribution in [-0.2, 0) is 13.0 Å². The van der Waals surface area contributed by atoms with E-state index in [1.807, 2.05) is 23.8 Å². The molecule has 0 saturated heterocycles. The second-order valence-electron chi connectivity index (χ2n) is 6.84. The predicted molar refractivity (Wildman–Crippen MR) is 112 cm³/mol.